The van der Waals surface area contributed by atoms with E-state index >= 15 is 57.5 Å². The van der Waals surface area contributed by atoms with Gasteiger partial charge in [-0.15, -0.1) is 0 Å². The summed E-state index contributed by atoms with van der Waals surface area (Å²) < 4.78 is 335. The highest BCUT2D eigenvalue weighted by Gasteiger charge is 2.43. The smallest absolute Gasteiger partial charge is 0.350 e. The van der Waals surface area contributed by atoms with E-state index in [2.05, 4.69) is 0 Å². The maximum absolute atomic E-state index is 16.7. The molecule has 0 saturated heterocycles. The van der Waals surface area contributed by atoms with Crippen LogP contribution in [-0.4, -0.2) is 5.97 Å². The predicted molar refractivity (Wildman–Crippen MR) is 251 cm³/mol. The molecule has 0 amide bonds. The van der Waals surface area contributed by atoms with Crippen LogP contribution in [0.2, 0.25) is 0 Å². The minimum absolute atomic E-state index is 0.0416. The fourth-order valence-corrected chi connectivity index (χ4v) is 11.4. The number of rotatable bonds is 12. The number of fused-ring (bicyclic) bond motifs is 2. The second-order valence-electron chi connectivity index (χ2n) is 17.0. The predicted octanol–water partition coefficient (Wildman–Crippen LogP) is 17.8. The molecule has 0 atom stereocenters. The molecule has 7 nitrogen and oxygen atoms in total. The zero-order valence-electron chi connectivity index (χ0n) is 40.2. The largest absolute Gasteiger partial charge is 0.456 e. The number of carbonyl (C=O) groups is 1. The monoisotopic (exact) mass is 1210 g/mol. The van der Waals surface area contributed by atoms with Crippen LogP contribution >= 0.6 is 10.3 Å². The molecule has 0 N–H and O–H groups in total. The van der Waals surface area contributed by atoms with E-state index < -0.39 is 195 Å². The number of carbonyl (C=O) groups excluding carboxylic acids is 1. The lowest BCUT2D eigenvalue weighted by Gasteiger charge is -2.40. The number of hydrogen-bond acceptors (Lipinski definition) is 7. The van der Waals surface area contributed by atoms with Crippen molar-refractivity contribution in [3.05, 3.63) is 241 Å². The normalized spacial score (nSPS) is 11.9. The van der Waals surface area contributed by atoms with E-state index in [0.717, 1.165) is 18.2 Å². The molecule has 28 heteroatoms. The Morgan fingerprint density at radius 1 is 0.333 bits per heavy atom. The molecule has 84 heavy (non-hydrogen) atoms. The average Bonchev–Trinajstić information content (AvgIpc) is 3.45. The molecule has 0 spiro atoms. The Kier molecular flexibility index (Phi) is 14.7. The van der Waals surface area contributed by atoms with E-state index in [1.165, 1.54) is 84.9 Å². The van der Waals surface area contributed by atoms with Crippen molar-refractivity contribution in [2.24, 2.45) is 0 Å². The summed E-state index contributed by atoms with van der Waals surface area (Å²) in [5.74, 6) is -80.7. The topological polar surface area (TPSA) is 84.2 Å². The minimum Gasteiger partial charge on any atom is -0.456 e. The van der Waals surface area contributed by atoms with E-state index in [-0.39, 0.29) is 36.6 Å². The Labute approximate surface area is 454 Å². The van der Waals surface area contributed by atoms with Crippen molar-refractivity contribution in [2.75, 3.05) is 0 Å². The van der Waals surface area contributed by atoms with Crippen LogP contribution in [0.5, 0.6) is 34.5 Å². The first-order chi connectivity index (χ1) is 39.8. The van der Waals surface area contributed by atoms with Crippen molar-refractivity contribution in [2.45, 2.75) is 14.7 Å². The molecule has 0 aliphatic rings. The molecular weight excluding hydrogens is 1200 g/mol. The van der Waals surface area contributed by atoms with E-state index in [1.54, 1.807) is 0 Å². The van der Waals surface area contributed by atoms with Crippen LogP contribution in [-0.2, 0) is 4.18 Å². The van der Waals surface area contributed by atoms with Gasteiger partial charge in [-0.3, -0.25) is 4.79 Å². The van der Waals surface area contributed by atoms with Gasteiger partial charge in [0.2, 0.25) is 122 Å². The van der Waals surface area contributed by atoms with Crippen LogP contribution in [0.4, 0.5) is 87.8 Å². The molecule has 0 aliphatic carbocycles. The number of halogens is 20. The molecule has 0 saturated carbocycles. The van der Waals surface area contributed by atoms with Gasteiger partial charge in [-0.05, 0) is 64.9 Å². The third-order valence-corrected chi connectivity index (χ3v) is 15.4. The first-order valence-corrected chi connectivity index (χ1v) is 24.3. The second-order valence-corrected chi connectivity index (χ2v) is 19.7. The van der Waals surface area contributed by atoms with Crippen LogP contribution in [0, 0.1) is 116 Å². The summed E-state index contributed by atoms with van der Waals surface area (Å²) >= 11 is 0. The third kappa shape index (κ3) is 9.06. The Morgan fingerprint density at radius 3 is 1.15 bits per heavy atom. The zero-order chi connectivity index (χ0) is 60.7. The first kappa shape index (κ1) is 57.5. The summed E-state index contributed by atoms with van der Waals surface area (Å²) in [6.07, 6.45) is 0. The van der Waals surface area contributed by atoms with E-state index in [1.807, 2.05) is 0 Å². The molecule has 0 unspecified atom stereocenters. The summed E-state index contributed by atoms with van der Waals surface area (Å²) in [5.41, 5.74) is -8.23. The highest BCUT2D eigenvalue weighted by Crippen LogP contribution is 2.70. The maximum atomic E-state index is 16.7. The summed E-state index contributed by atoms with van der Waals surface area (Å²) in [5, 5.41) is -0.359. The fraction of sp³-hybridized carbons (Fsp3) is 0. The van der Waals surface area contributed by atoms with Crippen molar-refractivity contribution in [3.63, 3.8) is 0 Å². The van der Waals surface area contributed by atoms with Crippen molar-refractivity contribution in [3.8, 4) is 45.6 Å². The Bertz CT molecular complexity index is 4350. The Morgan fingerprint density at radius 2 is 0.702 bits per heavy atom. The molecule has 10 rings (SSSR count). The van der Waals surface area contributed by atoms with Gasteiger partial charge >= 0.3 is 5.97 Å². The van der Waals surface area contributed by atoms with Crippen LogP contribution < -0.4 is 19.6 Å². The number of ether oxygens (including phenoxy) is 3. The zero-order valence-corrected chi connectivity index (χ0v) is 41.0. The van der Waals surface area contributed by atoms with Gasteiger partial charge in [-0.25, -0.2) is 66.3 Å². The van der Waals surface area contributed by atoms with Gasteiger partial charge in [0.25, 0.3) is 0 Å². The van der Waals surface area contributed by atoms with Crippen molar-refractivity contribution in [1.82, 2.24) is 0 Å². The molecule has 10 aromatic rings. The van der Waals surface area contributed by atoms with E-state index in [9.17, 15) is 39.9 Å². The fourth-order valence-electron chi connectivity index (χ4n) is 8.35. The maximum Gasteiger partial charge on any atom is 0.350 e. The van der Waals surface area contributed by atoms with Gasteiger partial charge in [-0.2, -0.15) is 26.3 Å². The van der Waals surface area contributed by atoms with Gasteiger partial charge < -0.3 is 22.8 Å². The standard InChI is InChI=1S/C56H18F20O7S/c57-30-29(31(58)33(60)34(61)32(30)59)28-24(56(78)83-84(19-9-3-1-4-10-19,20-11-5-2-6-12-20)21-15-16-26-23(17-21)50(77)22-13-7-8-14-25(22)79-26)18-27(80-53-44(71)38(65)35(62)39(66)45(53)72)51(81-54-46(73)40(67)36(63)41(68)47(54)74)52(28)82-55-48(75)42(69)37(64)43(70)49(55)76/h1-18H. The van der Waals surface area contributed by atoms with E-state index in [0.29, 0.717) is 0 Å². The average molecular weight is 1210 g/mol. The Hall–Kier alpha value is -9.73. The Balaban J connectivity index is 1.41. The lowest BCUT2D eigenvalue weighted by molar-refractivity contribution is 0.0757. The van der Waals surface area contributed by atoms with Crippen molar-refractivity contribution in [1.29, 1.82) is 0 Å². The summed E-state index contributed by atoms with van der Waals surface area (Å²) in [6, 6.07) is 21.4. The molecule has 430 valence electrons. The van der Waals surface area contributed by atoms with Gasteiger partial charge in [-0.1, -0.05) is 48.5 Å². The number of benzene rings is 9. The molecule has 1 aromatic heterocycles. The first-order valence-electron chi connectivity index (χ1n) is 22.8. The second kappa shape index (κ2) is 21.5. The highest BCUT2D eigenvalue weighted by molar-refractivity contribution is 8.30. The molecular formula is C56H18F20O7S. The lowest BCUT2D eigenvalue weighted by Crippen LogP contribution is -2.17. The van der Waals surface area contributed by atoms with Crippen molar-refractivity contribution < 1.29 is 115 Å². The summed E-state index contributed by atoms with van der Waals surface area (Å²) in [6.45, 7) is 0. The molecule has 0 aliphatic heterocycles. The SMILES string of the molecule is O=C(OS(c1ccccc1)(c1ccccc1)c1ccc2oc3ccccc3c(=O)c2c1)c1cc(Oc2c(F)c(F)c(F)c(F)c2F)c(Oc2c(F)c(F)c(F)c(F)c2F)c(Oc2c(F)c(F)c(F)c(F)c2F)c1-c1c(F)c(F)c(F)c(F)c1F. The summed E-state index contributed by atoms with van der Waals surface area (Å²) in [7, 11) is -4.25. The van der Waals surface area contributed by atoms with Crippen molar-refractivity contribution >= 4 is 38.2 Å². The molecule has 0 radical (unpaired) electrons. The van der Waals surface area contributed by atoms with Crippen LogP contribution in [0.3, 0.4) is 0 Å². The van der Waals surface area contributed by atoms with Gasteiger partial charge in [0.1, 0.15) is 11.2 Å². The van der Waals surface area contributed by atoms with Crippen LogP contribution in [0.25, 0.3) is 33.1 Å². The van der Waals surface area contributed by atoms with Crippen LogP contribution in [0.1, 0.15) is 10.4 Å². The third-order valence-electron chi connectivity index (χ3n) is 12.2. The van der Waals surface area contributed by atoms with Gasteiger partial charge in [0, 0.05) is 26.3 Å². The lowest BCUT2D eigenvalue weighted by atomic mass is 9.95. The minimum atomic E-state index is -4.25. The summed E-state index contributed by atoms with van der Waals surface area (Å²) in [4.78, 5) is 29.2. The molecule has 9 aromatic carbocycles. The molecule has 0 fully saturated rings. The number of para-hydroxylation sites is 1. The quantitative estimate of drug-likeness (QED) is 0.0521. The molecule has 0 bridgehead atoms. The van der Waals surface area contributed by atoms with Crippen LogP contribution in [0.15, 0.2) is 133 Å². The molecule has 1 heterocycles. The highest BCUT2D eigenvalue weighted by atomic mass is 32.3. The number of hydrogen-bond donors (Lipinski definition) is 0. The van der Waals surface area contributed by atoms with E-state index in [4.69, 9.17) is 22.8 Å². The van der Waals surface area contributed by atoms with Gasteiger partial charge in [0.15, 0.2) is 34.8 Å². The van der Waals surface area contributed by atoms with Gasteiger partial charge in [0.05, 0.1) is 21.9 Å².